The van der Waals surface area contributed by atoms with Crippen molar-refractivity contribution in [1.29, 1.82) is 0 Å². The summed E-state index contributed by atoms with van der Waals surface area (Å²) in [5, 5.41) is 0.602. The van der Waals surface area contributed by atoms with Crippen molar-refractivity contribution in [3.8, 4) is 0 Å². The van der Waals surface area contributed by atoms with E-state index in [1.807, 2.05) is 4.90 Å². The van der Waals surface area contributed by atoms with Gasteiger partial charge in [0.1, 0.15) is 5.82 Å². The van der Waals surface area contributed by atoms with Crippen LogP contribution >= 0.6 is 11.8 Å². The third kappa shape index (κ3) is 3.61. The largest absolute Gasteiger partial charge is 0.339 e. The predicted octanol–water partition coefficient (Wildman–Crippen LogP) is 2.95. The van der Waals surface area contributed by atoms with Crippen LogP contribution in [-0.2, 0) is 4.79 Å². The van der Waals surface area contributed by atoms with Gasteiger partial charge in [-0.1, -0.05) is 18.7 Å². The number of aromatic amines is 1. The van der Waals surface area contributed by atoms with Crippen LogP contribution in [0.1, 0.15) is 32.6 Å². The summed E-state index contributed by atoms with van der Waals surface area (Å²) < 4.78 is 13.2. The number of likely N-dealkylation sites (tertiary alicyclic amines) is 1. The van der Waals surface area contributed by atoms with Crippen LogP contribution in [0.2, 0.25) is 0 Å². The third-order valence-electron chi connectivity index (χ3n) is 4.40. The van der Waals surface area contributed by atoms with Gasteiger partial charge in [-0.05, 0) is 43.9 Å². The molecule has 0 spiro atoms. The van der Waals surface area contributed by atoms with Gasteiger partial charge in [-0.3, -0.25) is 9.59 Å². The number of hydrogen-bond donors (Lipinski definition) is 1. The fourth-order valence-electron chi connectivity index (χ4n) is 3.12. The van der Waals surface area contributed by atoms with E-state index in [-0.39, 0.29) is 22.6 Å². The molecule has 2 heterocycles. The van der Waals surface area contributed by atoms with Crippen molar-refractivity contribution in [3.63, 3.8) is 0 Å². The monoisotopic (exact) mass is 349 g/mol. The smallest absolute Gasteiger partial charge is 0.259 e. The van der Waals surface area contributed by atoms with Crippen molar-refractivity contribution in [2.75, 3.05) is 12.3 Å². The van der Waals surface area contributed by atoms with Gasteiger partial charge in [0.15, 0.2) is 5.16 Å². The third-order valence-corrected chi connectivity index (χ3v) is 5.25. The molecule has 1 fully saturated rings. The first-order valence-electron chi connectivity index (χ1n) is 8.20. The Kier molecular flexibility index (Phi) is 5.18. The molecular weight excluding hydrogens is 329 g/mol. The molecule has 2 aromatic rings. The molecule has 0 aliphatic carbocycles. The second-order valence-electron chi connectivity index (χ2n) is 5.97. The Labute approximate surface area is 143 Å². The number of thioether (sulfide) groups is 1. The molecule has 0 saturated carbocycles. The number of benzene rings is 1. The summed E-state index contributed by atoms with van der Waals surface area (Å²) in [5.41, 5.74) is 0.0402. The maximum absolute atomic E-state index is 13.2. The molecule has 1 aliphatic rings. The molecule has 7 heteroatoms. The number of halogens is 1. The topological polar surface area (TPSA) is 66.1 Å². The lowest BCUT2D eigenvalue weighted by Gasteiger charge is -2.35. The van der Waals surface area contributed by atoms with E-state index in [2.05, 4.69) is 16.9 Å². The Morgan fingerprint density at radius 3 is 3.08 bits per heavy atom. The van der Waals surface area contributed by atoms with Crippen LogP contribution in [0.5, 0.6) is 0 Å². The maximum atomic E-state index is 13.2. The lowest BCUT2D eigenvalue weighted by Crippen LogP contribution is -2.44. The second kappa shape index (κ2) is 7.34. The van der Waals surface area contributed by atoms with Crippen LogP contribution in [-0.4, -0.2) is 39.1 Å². The fraction of sp³-hybridized carbons (Fsp3) is 0.471. The van der Waals surface area contributed by atoms with Crippen molar-refractivity contribution in [3.05, 3.63) is 34.4 Å². The Hall–Kier alpha value is -1.89. The molecule has 3 rings (SSSR count). The fourth-order valence-corrected chi connectivity index (χ4v) is 3.88. The van der Waals surface area contributed by atoms with Crippen molar-refractivity contribution in [1.82, 2.24) is 14.9 Å². The number of amides is 1. The average Bonchev–Trinajstić information content (AvgIpc) is 2.60. The Bertz CT molecular complexity index is 808. The summed E-state index contributed by atoms with van der Waals surface area (Å²) in [5.74, 6) is -0.152. The van der Waals surface area contributed by atoms with Gasteiger partial charge < -0.3 is 9.88 Å². The Morgan fingerprint density at radius 2 is 2.29 bits per heavy atom. The van der Waals surface area contributed by atoms with Crippen molar-refractivity contribution in [2.45, 2.75) is 43.8 Å². The van der Waals surface area contributed by atoms with Gasteiger partial charge in [0.2, 0.25) is 5.91 Å². The van der Waals surface area contributed by atoms with Crippen LogP contribution in [0.15, 0.2) is 28.2 Å². The Balaban J connectivity index is 1.72. The summed E-state index contributed by atoms with van der Waals surface area (Å²) in [4.78, 5) is 33.4. The van der Waals surface area contributed by atoms with E-state index >= 15 is 0 Å². The number of nitrogens with one attached hydrogen (secondary N) is 1. The first kappa shape index (κ1) is 17.0. The SMILES string of the molecule is CC[C@H]1CCCCN1C(=O)CSc1nc2ccc(F)cc2c(=O)[nH]1. The van der Waals surface area contributed by atoms with E-state index in [4.69, 9.17) is 0 Å². The zero-order valence-electron chi connectivity index (χ0n) is 13.5. The number of rotatable bonds is 4. The number of carbonyl (C=O) groups is 1. The number of H-pyrrole nitrogens is 1. The molecule has 1 aliphatic heterocycles. The molecule has 128 valence electrons. The molecule has 1 atom stereocenters. The van der Waals surface area contributed by atoms with Crippen LogP contribution in [0.3, 0.4) is 0 Å². The van der Waals surface area contributed by atoms with Crippen LogP contribution in [0.4, 0.5) is 4.39 Å². The lowest BCUT2D eigenvalue weighted by atomic mass is 10.0. The van der Waals surface area contributed by atoms with Gasteiger partial charge in [-0.2, -0.15) is 0 Å². The minimum Gasteiger partial charge on any atom is -0.339 e. The number of nitrogens with zero attached hydrogens (tertiary/aromatic N) is 2. The number of aromatic nitrogens is 2. The zero-order chi connectivity index (χ0) is 17.1. The van der Waals surface area contributed by atoms with Gasteiger partial charge in [-0.25, -0.2) is 9.37 Å². The van der Waals surface area contributed by atoms with Gasteiger partial charge in [0, 0.05) is 12.6 Å². The van der Waals surface area contributed by atoms with Gasteiger partial charge >= 0.3 is 0 Å². The maximum Gasteiger partial charge on any atom is 0.259 e. The van der Waals surface area contributed by atoms with Crippen molar-refractivity contribution >= 4 is 28.6 Å². The molecular formula is C17H20FN3O2S. The molecule has 1 saturated heterocycles. The number of hydrogen-bond acceptors (Lipinski definition) is 4. The van der Waals surface area contributed by atoms with Crippen molar-refractivity contribution in [2.24, 2.45) is 0 Å². The molecule has 24 heavy (non-hydrogen) atoms. The van der Waals surface area contributed by atoms with Gasteiger partial charge in [-0.15, -0.1) is 0 Å². The van der Waals surface area contributed by atoms with E-state index in [1.54, 1.807) is 0 Å². The molecule has 1 amide bonds. The number of carbonyl (C=O) groups excluding carboxylic acids is 1. The van der Waals surface area contributed by atoms with E-state index in [0.717, 1.165) is 25.8 Å². The first-order valence-corrected chi connectivity index (χ1v) is 9.19. The van der Waals surface area contributed by atoms with Crippen LogP contribution in [0.25, 0.3) is 10.9 Å². The van der Waals surface area contributed by atoms with E-state index in [9.17, 15) is 14.0 Å². The minimum atomic E-state index is -0.471. The molecule has 0 unspecified atom stereocenters. The molecule has 1 N–H and O–H groups in total. The summed E-state index contributed by atoms with van der Waals surface area (Å²) in [6.45, 7) is 2.91. The summed E-state index contributed by atoms with van der Waals surface area (Å²) in [6.07, 6.45) is 4.24. The highest BCUT2D eigenvalue weighted by Crippen LogP contribution is 2.22. The van der Waals surface area contributed by atoms with Crippen LogP contribution < -0.4 is 5.56 Å². The molecule has 0 bridgehead atoms. The highest BCUT2D eigenvalue weighted by Gasteiger charge is 2.25. The van der Waals surface area contributed by atoms with Gasteiger partial charge in [0.25, 0.3) is 5.56 Å². The van der Waals surface area contributed by atoms with Crippen molar-refractivity contribution < 1.29 is 9.18 Å². The summed E-state index contributed by atoms with van der Waals surface area (Å²) in [6, 6.07) is 4.23. The lowest BCUT2D eigenvalue weighted by molar-refractivity contribution is -0.132. The summed E-state index contributed by atoms with van der Waals surface area (Å²) >= 11 is 1.22. The van der Waals surface area contributed by atoms with E-state index in [1.165, 1.54) is 36.4 Å². The zero-order valence-corrected chi connectivity index (χ0v) is 14.4. The second-order valence-corrected chi connectivity index (χ2v) is 6.93. The molecule has 0 radical (unpaired) electrons. The normalized spacial score (nSPS) is 18.1. The highest BCUT2D eigenvalue weighted by atomic mass is 32.2. The number of fused-ring (bicyclic) bond motifs is 1. The standard InChI is InChI=1S/C17H20FN3O2S/c1-2-12-5-3-4-8-21(12)15(22)10-24-17-19-14-7-6-11(18)9-13(14)16(23)20-17/h6-7,9,12H,2-5,8,10H2,1H3,(H,19,20,23)/t12-/m0/s1. The summed E-state index contributed by atoms with van der Waals surface area (Å²) in [7, 11) is 0. The first-order chi connectivity index (χ1) is 11.6. The average molecular weight is 349 g/mol. The van der Waals surface area contributed by atoms with E-state index < -0.39 is 5.82 Å². The quantitative estimate of drug-likeness (QED) is 0.681. The Morgan fingerprint density at radius 1 is 1.46 bits per heavy atom. The van der Waals surface area contributed by atoms with Gasteiger partial charge in [0.05, 0.1) is 16.7 Å². The highest BCUT2D eigenvalue weighted by molar-refractivity contribution is 7.99. The minimum absolute atomic E-state index is 0.0772. The number of piperidine rings is 1. The van der Waals surface area contributed by atoms with Crippen LogP contribution in [0, 0.1) is 5.82 Å². The molecule has 1 aromatic carbocycles. The molecule has 1 aromatic heterocycles. The predicted molar refractivity (Wildman–Crippen MR) is 92.7 cm³/mol. The van der Waals surface area contributed by atoms with E-state index in [0.29, 0.717) is 16.7 Å². The molecule has 5 nitrogen and oxygen atoms in total.